The Morgan fingerprint density at radius 2 is 2.05 bits per heavy atom. The molecule has 0 radical (unpaired) electrons. The van der Waals surface area contributed by atoms with Crippen LogP contribution in [0.3, 0.4) is 0 Å². The second-order valence-corrected chi connectivity index (χ2v) is 6.82. The van der Waals surface area contributed by atoms with Crippen LogP contribution in [0.5, 0.6) is 0 Å². The number of hydrogen-bond acceptors (Lipinski definition) is 3. The molecule has 0 aromatic rings. The summed E-state index contributed by atoms with van der Waals surface area (Å²) in [6.45, 7) is 6.58. The fourth-order valence-corrected chi connectivity index (χ4v) is 3.54. The maximum absolute atomic E-state index is 12.0. The molecule has 1 aliphatic carbocycles. The van der Waals surface area contributed by atoms with E-state index in [0.29, 0.717) is 25.0 Å². The minimum Gasteiger partial charge on any atom is -0.381 e. The van der Waals surface area contributed by atoms with Crippen molar-refractivity contribution in [3.05, 3.63) is 0 Å². The van der Waals surface area contributed by atoms with Gasteiger partial charge in [-0.15, -0.1) is 0 Å². The van der Waals surface area contributed by atoms with E-state index in [0.717, 1.165) is 32.0 Å². The quantitative estimate of drug-likeness (QED) is 0.820. The molecular weight excluding hydrogens is 266 g/mol. The summed E-state index contributed by atoms with van der Waals surface area (Å²) in [5.74, 6) is 1.59. The van der Waals surface area contributed by atoms with Crippen molar-refractivity contribution in [1.29, 1.82) is 0 Å². The molecule has 1 heterocycles. The van der Waals surface area contributed by atoms with Crippen molar-refractivity contribution in [1.82, 2.24) is 5.32 Å². The highest BCUT2D eigenvalue weighted by atomic mass is 16.5. The fraction of sp³-hybridized carbons (Fsp3) is 0.941. The van der Waals surface area contributed by atoms with Gasteiger partial charge in [-0.25, -0.2) is 0 Å². The van der Waals surface area contributed by atoms with Crippen LogP contribution in [0, 0.1) is 11.8 Å². The first-order valence-corrected chi connectivity index (χ1v) is 8.64. The zero-order valence-electron chi connectivity index (χ0n) is 13.6. The largest absolute Gasteiger partial charge is 0.381 e. The van der Waals surface area contributed by atoms with Gasteiger partial charge in [0.05, 0.1) is 12.7 Å². The van der Waals surface area contributed by atoms with Gasteiger partial charge in [0.1, 0.15) is 0 Å². The molecule has 2 fully saturated rings. The van der Waals surface area contributed by atoms with Crippen molar-refractivity contribution in [3.8, 4) is 0 Å². The molecule has 122 valence electrons. The van der Waals surface area contributed by atoms with E-state index in [1.807, 2.05) is 0 Å². The predicted molar refractivity (Wildman–Crippen MR) is 83.1 cm³/mol. The second kappa shape index (κ2) is 8.74. The van der Waals surface area contributed by atoms with Crippen LogP contribution in [-0.4, -0.2) is 37.9 Å². The van der Waals surface area contributed by atoms with Crippen LogP contribution < -0.4 is 5.32 Å². The zero-order chi connectivity index (χ0) is 15.1. The van der Waals surface area contributed by atoms with Gasteiger partial charge in [-0.2, -0.15) is 0 Å². The molecule has 0 aromatic carbocycles. The molecule has 1 N–H and O–H groups in total. The fourth-order valence-electron chi connectivity index (χ4n) is 3.54. The summed E-state index contributed by atoms with van der Waals surface area (Å²) in [5, 5.41) is 3.16. The van der Waals surface area contributed by atoms with E-state index in [2.05, 4.69) is 19.2 Å². The monoisotopic (exact) mass is 297 g/mol. The molecule has 0 spiro atoms. The SMILES string of the molecule is CC1CCCC(C(C)NC(=O)CCOC2CCOCC2)C1. The van der Waals surface area contributed by atoms with Gasteiger partial charge in [0, 0.05) is 25.7 Å². The molecule has 1 saturated heterocycles. The van der Waals surface area contributed by atoms with Gasteiger partial charge in [-0.1, -0.05) is 19.8 Å². The van der Waals surface area contributed by atoms with Crippen LogP contribution in [0.1, 0.15) is 58.8 Å². The molecule has 4 heteroatoms. The maximum atomic E-state index is 12.0. The van der Waals surface area contributed by atoms with Crippen LogP contribution in [-0.2, 0) is 14.3 Å². The van der Waals surface area contributed by atoms with Crippen LogP contribution in [0.15, 0.2) is 0 Å². The van der Waals surface area contributed by atoms with Crippen molar-refractivity contribution in [2.24, 2.45) is 11.8 Å². The van der Waals surface area contributed by atoms with Gasteiger partial charge in [0.2, 0.25) is 5.91 Å². The van der Waals surface area contributed by atoms with Gasteiger partial charge >= 0.3 is 0 Å². The van der Waals surface area contributed by atoms with Crippen molar-refractivity contribution >= 4 is 5.91 Å². The Hall–Kier alpha value is -0.610. The third kappa shape index (κ3) is 5.95. The smallest absolute Gasteiger partial charge is 0.222 e. The summed E-state index contributed by atoms with van der Waals surface area (Å²) in [5.41, 5.74) is 0. The molecule has 0 aromatic heterocycles. The lowest BCUT2D eigenvalue weighted by Gasteiger charge is -2.31. The average Bonchev–Trinajstić information content (AvgIpc) is 2.48. The van der Waals surface area contributed by atoms with E-state index in [9.17, 15) is 4.79 Å². The molecular formula is C17H31NO3. The number of nitrogens with one attached hydrogen (secondary N) is 1. The molecule has 1 aliphatic heterocycles. The maximum Gasteiger partial charge on any atom is 0.222 e. The molecule has 3 atom stereocenters. The number of carbonyl (C=O) groups excluding carboxylic acids is 1. The standard InChI is InChI=1S/C17H31NO3/c1-13-4-3-5-15(12-13)14(2)18-17(19)8-11-21-16-6-9-20-10-7-16/h13-16H,3-12H2,1-2H3,(H,18,19). The zero-order valence-corrected chi connectivity index (χ0v) is 13.6. The summed E-state index contributed by atoms with van der Waals surface area (Å²) in [6.07, 6.45) is 7.82. The Morgan fingerprint density at radius 1 is 1.29 bits per heavy atom. The molecule has 2 rings (SSSR count). The van der Waals surface area contributed by atoms with Crippen molar-refractivity contribution in [2.45, 2.75) is 70.9 Å². The second-order valence-electron chi connectivity index (χ2n) is 6.82. The molecule has 4 nitrogen and oxygen atoms in total. The van der Waals surface area contributed by atoms with Gasteiger partial charge in [-0.3, -0.25) is 4.79 Å². The lowest BCUT2D eigenvalue weighted by molar-refractivity contribution is -0.124. The first-order valence-electron chi connectivity index (χ1n) is 8.64. The molecule has 21 heavy (non-hydrogen) atoms. The van der Waals surface area contributed by atoms with E-state index in [4.69, 9.17) is 9.47 Å². The number of amides is 1. The van der Waals surface area contributed by atoms with Crippen molar-refractivity contribution in [3.63, 3.8) is 0 Å². The first-order chi connectivity index (χ1) is 10.1. The van der Waals surface area contributed by atoms with Crippen LogP contribution in [0.4, 0.5) is 0 Å². The summed E-state index contributed by atoms with van der Waals surface area (Å²) in [4.78, 5) is 12.0. The highest BCUT2D eigenvalue weighted by Gasteiger charge is 2.24. The topological polar surface area (TPSA) is 47.6 Å². The Morgan fingerprint density at radius 3 is 2.76 bits per heavy atom. The summed E-state index contributed by atoms with van der Waals surface area (Å²) in [6, 6.07) is 0.295. The van der Waals surface area contributed by atoms with E-state index in [-0.39, 0.29) is 12.0 Å². The molecule has 2 aliphatic rings. The summed E-state index contributed by atoms with van der Waals surface area (Å²) >= 11 is 0. The molecule has 3 unspecified atom stereocenters. The van der Waals surface area contributed by atoms with Gasteiger partial charge in [0.25, 0.3) is 0 Å². The Kier molecular flexibility index (Phi) is 6.97. The number of carbonyl (C=O) groups is 1. The minimum atomic E-state index is 0.132. The third-order valence-corrected chi connectivity index (χ3v) is 4.92. The number of ether oxygens (including phenoxy) is 2. The van der Waals surface area contributed by atoms with Crippen LogP contribution in [0.2, 0.25) is 0 Å². The van der Waals surface area contributed by atoms with Gasteiger partial charge < -0.3 is 14.8 Å². The number of rotatable bonds is 6. The predicted octanol–water partition coefficient (Wildman–Crippen LogP) is 2.90. The third-order valence-electron chi connectivity index (χ3n) is 4.92. The highest BCUT2D eigenvalue weighted by molar-refractivity contribution is 5.76. The van der Waals surface area contributed by atoms with Gasteiger partial charge in [-0.05, 0) is 44.4 Å². The summed E-state index contributed by atoms with van der Waals surface area (Å²) < 4.78 is 11.1. The van der Waals surface area contributed by atoms with E-state index >= 15 is 0 Å². The van der Waals surface area contributed by atoms with E-state index in [1.165, 1.54) is 25.7 Å². The van der Waals surface area contributed by atoms with E-state index < -0.39 is 0 Å². The average molecular weight is 297 g/mol. The Bertz CT molecular complexity index is 315. The normalized spacial score (nSPS) is 29.0. The van der Waals surface area contributed by atoms with Crippen LogP contribution in [0.25, 0.3) is 0 Å². The molecule has 0 bridgehead atoms. The lowest BCUT2D eigenvalue weighted by Crippen LogP contribution is -2.40. The van der Waals surface area contributed by atoms with Gasteiger partial charge in [0.15, 0.2) is 0 Å². The number of hydrogen-bond donors (Lipinski definition) is 1. The Labute approximate surface area is 129 Å². The van der Waals surface area contributed by atoms with Crippen molar-refractivity contribution < 1.29 is 14.3 Å². The lowest BCUT2D eigenvalue weighted by atomic mass is 9.79. The minimum absolute atomic E-state index is 0.132. The van der Waals surface area contributed by atoms with E-state index in [1.54, 1.807) is 0 Å². The highest BCUT2D eigenvalue weighted by Crippen LogP contribution is 2.30. The van der Waals surface area contributed by atoms with Crippen LogP contribution >= 0.6 is 0 Å². The first kappa shape index (κ1) is 16.8. The Balaban J connectivity index is 1.59. The molecule has 1 saturated carbocycles. The summed E-state index contributed by atoms with van der Waals surface area (Å²) in [7, 11) is 0. The van der Waals surface area contributed by atoms with Crippen molar-refractivity contribution in [2.75, 3.05) is 19.8 Å². The molecule has 1 amide bonds.